The maximum Gasteiger partial charge on any atom is 0.184 e. The lowest BCUT2D eigenvalue weighted by Gasteiger charge is -2.26. The van der Waals surface area contributed by atoms with Crippen LogP contribution in [-0.2, 0) is 0 Å². The van der Waals surface area contributed by atoms with E-state index in [1.54, 1.807) is 6.07 Å². The summed E-state index contributed by atoms with van der Waals surface area (Å²) < 4.78 is 6.31. The van der Waals surface area contributed by atoms with Crippen LogP contribution >= 0.6 is 22.9 Å². The monoisotopic (exact) mass is 313 g/mol. The number of fused-ring (bicyclic) bond motifs is 1. The Morgan fingerprint density at radius 1 is 1.50 bits per heavy atom. The minimum Gasteiger partial charge on any atom is -0.494 e. The Balaban J connectivity index is 2.81. The average Bonchev–Trinajstić information content (AvgIpc) is 2.75. The molecule has 0 aliphatic carbocycles. The van der Waals surface area contributed by atoms with Gasteiger partial charge in [-0.1, -0.05) is 43.7 Å². The largest absolute Gasteiger partial charge is 0.494 e. The van der Waals surface area contributed by atoms with Crippen LogP contribution in [0.5, 0.6) is 5.75 Å². The van der Waals surface area contributed by atoms with E-state index in [-0.39, 0.29) is 5.41 Å². The van der Waals surface area contributed by atoms with E-state index in [4.69, 9.17) is 16.3 Å². The predicted molar refractivity (Wildman–Crippen MR) is 81.0 cm³/mol. The Bertz CT molecular complexity index is 660. The van der Waals surface area contributed by atoms with Gasteiger partial charge in [0.2, 0.25) is 0 Å². The molecule has 0 bridgehead atoms. The van der Waals surface area contributed by atoms with Crippen molar-refractivity contribution in [2.75, 3.05) is 7.11 Å². The quantitative estimate of drug-likeness (QED) is 0.874. The molecule has 1 heterocycles. The molecular formula is C14H16ClNO3S. The minimum absolute atomic E-state index is 0.351. The van der Waals surface area contributed by atoms with E-state index < -0.39 is 6.10 Å². The number of carbonyl (C=O) groups is 1. The molecule has 2 rings (SSSR count). The maximum atomic E-state index is 11.3. The molecule has 0 saturated heterocycles. The summed E-state index contributed by atoms with van der Waals surface area (Å²) in [5.41, 5.74) is 1.19. The molecule has 108 valence electrons. The lowest BCUT2D eigenvalue weighted by atomic mass is 9.84. The molecule has 4 nitrogen and oxygen atoms in total. The van der Waals surface area contributed by atoms with Crippen molar-refractivity contribution in [2.45, 2.75) is 26.9 Å². The van der Waals surface area contributed by atoms with Crippen LogP contribution in [0.15, 0.2) is 6.07 Å². The van der Waals surface area contributed by atoms with Crippen LogP contribution in [-0.4, -0.2) is 23.5 Å². The molecule has 0 aliphatic heterocycles. The van der Waals surface area contributed by atoms with Crippen LogP contribution in [0.25, 0.3) is 10.2 Å². The highest BCUT2D eigenvalue weighted by Crippen LogP contribution is 2.43. The molecule has 0 aliphatic rings. The lowest BCUT2D eigenvalue weighted by molar-refractivity contribution is 0.0637. The fraction of sp³-hybridized carbons (Fsp3) is 0.429. The molecule has 6 heteroatoms. The average molecular weight is 314 g/mol. The van der Waals surface area contributed by atoms with Crippen molar-refractivity contribution in [3.05, 3.63) is 21.7 Å². The van der Waals surface area contributed by atoms with E-state index in [1.807, 2.05) is 20.8 Å². The van der Waals surface area contributed by atoms with Crippen molar-refractivity contribution in [1.82, 2.24) is 4.98 Å². The number of rotatable bonds is 3. The standard InChI is InChI=1S/C14H16ClNO3S/c1-14(2,3)12(18)8-5-7(6-17)10(19-4)11-9(8)16-13(15)20-11/h5-6,12,18H,1-4H3. The zero-order chi connectivity index (χ0) is 15.1. The van der Waals surface area contributed by atoms with Crippen molar-refractivity contribution >= 4 is 39.4 Å². The van der Waals surface area contributed by atoms with Gasteiger partial charge in [0.25, 0.3) is 0 Å². The fourth-order valence-electron chi connectivity index (χ4n) is 2.05. The Morgan fingerprint density at radius 2 is 2.15 bits per heavy atom. The second-order valence-electron chi connectivity index (χ2n) is 5.62. The number of carbonyl (C=O) groups excluding carboxylic acids is 1. The normalized spacial score (nSPS) is 13.5. The van der Waals surface area contributed by atoms with Crippen LogP contribution in [0.4, 0.5) is 0 Å². The predicted octanol–water partition coefficient (Wildman–Crippen LogP) is 3.85. The van der Waals surface area contributed by atoms with E-state index in [1.165, 1.54) is 18.4 Å². The lowest BCUT2D eigenvalue weighted by Crippen LogP contribution is -2.18. The van der Waals surface area contributed by atoms with Gasteiger partial charge in [-0.05, 0) is 11.5 Å². The molecule has 2 aromatic rings. The van der Waals surface area contributed by atoms with Gasteiger partial charge >= 0.3 is 0 Å². The number of methoxy groups -OCH3 is 1. The second kappa shape index (κ2) is 5.31. The summed E-state index contributed by atoms with van der Waals surface area (Å²) in [6.45, 7) is 5.76. The first kappa shape index (κ1) is 15.2. The Kier molecular flexibility index (Phi) is 4.04. The molecule has 1 atom stereocenters. The van der Waals surface area contributed by atoms with Crippen LogP contribution in [0.1, 0.15) is 42.8 Å². The zero-order valence-corrected chi connectivity index (χ0v) is 13.3. The molecule has 0 fully saturated rings. The van der Waals surface area contributed by atoms with E-state index in [0.29, 0.717) is 37.8 Å². The summed E-state index contributed by atoms with van der Waals surface area (Å²) in [5, 5.41) is 10.5. The highest BCUT2D eigenvalue weighted by Gasteiger charge is 2.28. The third kappa shape index (κ3) is 2.53. The molecular weight excluding hydrogens is 298 g/mol. The molecule has 1 unspecified atom stereocenters. The smallest absolute Gasteiger partial charge is 0.184 e. The number of aromatic nitrogens is 1. The minimum atomic E-state index is -0.757. The van der Waals surface area contributed by atoms with Crippen molar-refractivity contribution in [3.8, 4) is 5.75 Å². The highest BCUT2D eigenvalue weighted by atomic mass is 35.5. The first-order valence-electron chi connectivity index (χ1n) is 6.09. The Hall–Kier alpha value is -1.17. The number of ether oxygens (including phenoxy) is 1. The molecule has 1 N–H and O–H groups in total. The molecule has 0 amide bonds. The number of aliphatic hydroxyl groups excluding tert-OH is 1. The number of hydrogen-bond donors (Lipinski definition) is 1. The van der Waals surface area contributed by atoms with Gasteiger partial charge in [-0.15, -0.1) is 0 Å². The third-order valence-electron chi connectivity index (χ3n) is 3.10. The van der Waals surface area contributed by atoms with Crippen molar-refractivity contribution < 1.29 is 14.6 Å². The molecule has 0 spiro atoms. The van der Waals surface area contributed by atoms with Crippen LogP contribution in [0, 0.1) is 5.41 Å². The van der Waals surface area contributed by atoms with Gasteiger partial charge in [0.15, 0.2) is 10.8 Å². The van der Waals surface area contributed by atoms with E-state index in [0.717, 1.165) is 0 Å². The van der Waals surface area contributed by atoms with Gasteiger partial charge < -0.3 is 9.84 Å². The fourth-order valence-corrected chi connectivity index (χ4v) is 3.22. The van der Waals surface area contributed by atoms with Crippen molar-refractivity contribution in [2.24, 2.45) is 5.41 Å². The van der Waals surface area contributed by atoms with Crippen molar-refractivity contribution in [3.63, 3.8) is 0 Å². The summed E-state index contributed by atoms with van der Waals surface area (Å²) in [5.74, 6) is 0.448. The number of thiazole rings is 1. The number of aldehydes is 1. The van der Waals surface area contributed by atoms with Gasteiger partial charge in [-0.2, -0.15) is 0 Å². The first-order chi connectivity index (χ1) is 9.29. The van der Waals surface area contributed by atoms with Gasteiger partial charge in [-0.3, -0.25) is 4.79 Å². The SMILES string of the molecule is COc1c(C=O)cc(C(O)C(C)(C)C)c2nc(Cl)sc12. The van der Waals surface area contributed by atoms with Gasteiger partial charge in [0.1, 0.15) is 5.75 Å². The van der Waals surface area contributed by atoms with Gasteiger partial charge in [0.05, 0.1) is 29.0 Å². The molecule has 1 aromatic heterocycles. The summed E-state index contributed by atoms with van der Waals surface area (Å²) in [7, 11) is 1.50. The zero-order valence-electron chi connectivity index (χ0n) is 11.7. The molecule has 0 radical (unpaired) electrons. The van der Waals surface area contributed by atoms with Gasteiger partial charge in [0, 0.05) is 5.56 Å². The summed E-state index contributed by atoms with van der Waals surface area (Å²) in [4.78, 5) is 15.5. The first-order valence-corrected chi connectivity index (χ1v) is 7.29. The summed E-state index contributed by atoms with van der Waals surface area (Å²) in [6, 6.07) is 1.63. The number of halogens is 1. The van der Waals surface area contributed by atoms with Crippen molar-refractivity contribution in [1.29, 1.82) is 0 Å². The van der Waals surface area contributed by atoms with Crippen LogP contribution < -0.4 is 4.74 Å². The van der Waals surface area contributed by atoms with E-state index in [9.17, 15) is 9.90 Å². The highest BCUT2D eigenvalue weighted by molar-refractivity contribution is 7.22. The topological polar surface area (TPSA) is 59.4 Å². The second-order valence-corrected chi connectivity index (χ2v) is 7.20. The van der Waals surface area contributed by atoms with E-state index in [2.05, 4.69) is 4.98 Å². The maximum absolute atomic E-state index is 11.3. The number of nitrogens with zero attached hydrogens (tertiary/aromatic N) is 1. The third-order valence-corrected chi connectivity index (χ3v) is 4.26. The molecule has 1 aromatic carbocycles. The number of aliphatic hydroxyl groups is 1. The Morgan fingerprint density at radius 3 is 2.65 bits per heavy atom. The summed E-state index contributed by atoms with van der Waals surface area (Å²) >= 11 is 7.21. The van der Waals surface area contributed by atoms with Gasteiger partial charge in [-0.25, -0.2) is 4.98 Å². The molecule has 20 heavy (non-hydrogen) atoms. The summed E-state index contributed by atoms with van der Waals surface area (Å²) in [6.07, 6.45) is -0.0436. The molecule has 0 saturated carbocycles. The van der Waals surface area contributed by atoms with Crippen LogP contribution in [0.2, 0.25) is 4.47 Å². The number of hydrogen-bond acceptors (Lipinski definition) is 5. The Labute approximate surface area is 126 Å². The van der Waals surface area contributed by atoms with Crippen LogP contribution in [0.3, 0.4) is 0 Å². The van der Waals surface area contributed by atoms with E-state index >= 15 is 0 Å². The number of benzene rings is 1.